The van der Waals surface area contributed by atoms with Crippen LogP contribution in [0.15, 0.2) is 23.1 Å². The fourth-order valence-electron chi connectivity index (χ4n) is 0.956. The van der Waals surface area contributed by atoms with E-state index >= 15 is 0 Å². The standard InChI is InChI=1S/C9H8ClFOS/c10-5-7(12)3-6-4-8(13)1-2-9(6)11/h1-2,4,13H,3,5H2. The summed E-state index contributed by atoms with van der Waals surface area (Å²) < 4.78 is 13.0. The predicted octanol–water partition coefficient (Wildman–Crippen LogP) is 2.46. The Morgan fingerprint density at radius 3 is 2.85 bits per heavy atom. The van der Waals surface area contributed by atoms with Gasteiger partial charge in [0.1, 0.15) is 5.82 Å². The lowest BCUT2D eigenvalue weighted by Gasteiger charge is -2.01. The van der Waals surface area contributed by atoms with Gasteiger partial charge in [0.05, 0.1) is 5.88 Å². The molecule has 13 heavy (non-hydrogen) atoms. The molecule has 70 valence electrons. The average molecular weight is 219 g/mol. The van der Waals surface area contributed by atoms with Gasteiger partial charge in [0.2, 0.25) is 0 Å². The van der Waals surface area contributed by atoms with E-state index in [9.17, 15) is 9.18 Å². The molecule has 0 aromatic heterocycles. The van der Waals surface area contributed by atoms with Crippen molar-refractivity contribution < 1.29 is 9.18 Å². The van der Waals surface area contributed by atoms with Crippen molar-refractivity contribution in [3.63, 3.8) is 0 Å². The molecule has 4 heteroatoms. The van der Waals surface area contributed by atoms with E-state index in [-0.39, 0.29) is 18.1 Å². The van der Waals surface area contributed by atoms with Crippen LogP contribution in [0.25, 0.3) is 0 Å². The van der Waals surface area contributed by atoms with Crippen LogP contribution in [0.1, 0.15) is 5.56 Å². The monoisotopic (exact) mass is 218 g/mol. The minimum atomic E-state index is -0.392. The molecule has 0 bridgehead atoms. The highest BCUT2D eigenvalue weighted by molar-refractivity contribution is 7.80. The van der Waals surface area contributed by atoms with Gasteiger partial charge in [-0.3, -0.25) is 4.79 Å². The lowest BCUT2D eigenvalue weighted by Crippen LogP contribution is -2.05. The number of hydrogen-bond donors (Lipinski definition) is 1. The number of carbonyl (C=O) groups excluding carboxylic acids is 1. The third-order valence-electron chi connectivity index (χ3n) is 1.57. The van der Waals surface area contributed by atoms with E-state index in [1.54, 1.807) is 0 Å². The summed E-state index contributed by atoms with van der Waals surface area (Å²) in [6, 6.07) is 4.36. The summed E-state index contributed by atoms with van der Waals surface area (Å²) in [7, 11) is 0. The van der Waals surface area contributed by atoms with Crippen LogP contribution in [0.4, 0.5) is 4.39 Å². The van der Waals surface area contributed by atoms with Gasteiger partial charge in [-0.05, 0) is 23.8 Å². The van der Waals surface area contributed by atoms with E-state index in [2.05, 4.69) is 12.6 Å². The third kappa shape index (κ3) is 3.01. The van der Waals surface area contributed by atoms with Crippen LogP contribution in [0.5, 0.6) is 0 Å². The van der Waals surface area contributed by atoms with Gasteiger partial charge in [-0.25, -0.2) is 4.39 Å². The highest BCUT2D eigenvalue weighted by atomic mass is 35.5. The number of alkyl halides is 1. The lowest BCUT2D eigenvalue weighted by atomic mass is 10.1. The second-order valence-electron chi connectivity index (χ2n) is 2.62. The number of rotatable bonds is 3. The molecule has 0 aliphatic carbocycles. The van der Waals surface area contributed by atoms with Gasteiger partial charge >= 0.3 is 0 Å². The number of benzene rings is 1. The van der Waals surface area contributed by atoms with Gasteiger partial charge in [0.25, 0.3) is 0 Å². The Labute approximate surface area is 86.3 Å². The molecule has 0 saturated carbocycles. The van der Waals surface area contributed by atoms with Crippen molar-refractivity contribution in [1.29, 1.82) is 0 Å². The Kier molecular flexibility index (Phi) is 3.75. The van der Waals surface area contributed by atoms with E-state index in [1.165, 1.54) is 18.2 Å². The molecule has 0 heterocycles. The molecule has 0 aliphatic rings. The van der Waals surface area contributed by atoms with Crippen LogP contribution in [0.3, 0.4) is 0 Å². The van der Waals surface area contributed by atoms with Gasteiger partial charge in [-0.1, -0.05) is 0 Å². The van der Waals surface area contributed by atoms with Crippen LogP contribution in [0.2, 0.25) is 0 Å². The first-order valence-electron chi connectivity index (χ1n) is 3.68. The van der Waals surface area contributed by atoms with Gasteiger partial charge in [-0.2, -0.15) is 0 Å². The van der Waals surface area contributed by atoms with Crippen LogP contribution >= 0.6 is 24.2 Å². The summed E-state index contributed by atoms with van der Waals surface area (Å²) in [4.78, 5) is 11.6. The molecular weight excluding hydrogens is 211 g/mol. The third-order valence-corrected chi connectivity index (χ3v) is 2.14. The van der Waals surface area contributed by atoms with Crippen molar-refractivity contribution in [2.75, 3.05) is 5.88 Å². The van der Waals surface area contributed by atoms with Crippen molar-refractivity contribution in [2.24, 2.45) is 0 Å². The van der Waals surface area contributed by atoms with Gasteiger partial charge in [-0.15, -0.1) is 24.2 Å². The minimum Gasteiger partial charge on any atom is -0.298 e. The molecule has 0 atom stereocenters. The van der Waals surface area contributed by atoms with Gasteiger partial charge < -0.3 is 0 Å². The Morgan fingerprint density at radius 1 is 1.54 bits per heavy atom. The summed E-state index contributed by atoms with van der Waals surface area (Å²) in [5.41, 5.74) is 0.346. The number of thiol groups is 1. The Hall–Kier alpha value is -0.540. The number of Topliss-reactive ketones (excluding diaryl/α,β-unsaturated/α-hetero) is 1. The minimum absolute atomic E-state index is 0.0315. The zero-order chi connectivity index (χ0) is 9.84. The van der Waals surface area contributed by atoms with Crippen LogP contribution < -0.4 is 0 Å². The van der Waals surface area contributed by atoms with E-state index in [0.29, 0.717) is 10.5 Å². The van der Waals surface area contributed by atoms with Crippen LogP contribution in [-0.2, 0) is 11.2 Å². The average Bonchev–Trinajstić information content (AvgIpc) is 2.11. The maximum absolute atomic E-state index is 13.0. The maximum Gasteiger partial charge on any atom is 0.152 e. The second kappa shape index (κ2) is 4.63. The molecule has 1 nitrogen and oxygen atoms in total. The van der Waals surface area contributed by atoms with E-state index in [4.69, 9.17) is 11.6 Å². The number of hydrogen-bond acceptors (Lipinski definition) is 2. The van der Waals surface area contributed by atoms with Crippen LogP contribution in [0, 0.1) is 5.82 Å². The van der Waals surface area contributed by atoms with E-state index in [1.807, 2.05) is 0 Å². The first-order valence-corrected chi connectivity index (χ1v) is 4.66. The molecule has 1 aromatic carbocycles. The zero-order valence-corrected chi connectivity index (χ0v) is 8.41. The SMILES string of the molecule is O=C(CCl)Cc1cc(S)ccc1F. The smallest absolute Gasteiger partial charge is 0.152 e. The molecule has 0 spiro atoms. The first kappa shape index (κ1) is 10.5. The van der Waals surface area contributed by atoms with Crippen molar-refractivity contribution in [1.82, 2.24) is 0 Å². The van der Waals surface area contributed by atoms with Crippen molar-refractivity contribution in [3.05, 3.63) is 29.6 Å². The lowest BCUT2D eigenvalue weighted by molar-refractivity contribution is -0.116. The molecule has 0 unspecified atom stereocenters. The Bertz CT molecular complexity index is 327. The van der Waals surface area contributed by atoms with E-state index in [0.717, 1.165) is 0 Å². The summed E-state index contributed by atoms with van der Waals surface area (Å²) in [5.74, 6) is -0.674. The normalized spacial score (nSPS) is 10.1. The summed E-state index contributed by atoms with van der Waals surface area (Å²) >= 11 is 9.35. The summed E-state index contributed by atoms with van der Waals surface area (Å²) in [6.07, 6.45) is 0.0315. The van der Waals surface area contributed by atoms with E-state index < -0.39 is 5.82 Å². The molecular formula is C9H8ClFOS. The summed E-state index contributed by atoms with van der Waals surface area (Å²) in [6.45, 7) is 0. The van der Waals surface area contributed by atoms with Crippen molar-refractivity contribution in [3.8, 4) is 0 Å². The van der Waals surface area contributed by atoms with Gasteiger partial charge in [0.15, 0.2) is 5.78 Å². The largest absolute Gasteiger partial charge is 0.298 e. The van der Waals surface area contributed by atoms with Gasteiger partial charge in [0, 0.05) is 11.3 Å². The first-order chi connectivity index (χ1) is 6.13. The molecule has 0 aliphatic heterocycles. The molecule has 0 saturated heterocycles. The highest BCUT2D eigenvalue weighted by Gasteiger charge is 2.07. The molecule has 0 N–H and O–H groups in total. The topological polar surface area (TPSA) is 17.1 Å². The quantitative estimate of drug-likeness (QED) is 0.609. The molecule has 1 rings (SSSR count). The highest BCUT2D eigenvalue weighted by Crippen LogP contribution is 2.14. The predicted molar refractivity (Wildman–Crippen MR) is 53.1 cm³/mol. The maximum atomic E-state index is 13.0. The Morgan fingerprint density at radius 2 is 2.23 bits per heavy atom. The number of ketones is 1. The zero-order valence-electron chi connectivity index (χ0n) is 6.76. The fraction of sp³-hybridized carbons (Fsp3) is 0.222. The van der Waals surface area contributed by atoms with Crippen molar-refractivity contribution >= 4 is 30.0 Å². The number of carbonyl (C=O) groups is 1. The molecule has 0 amide bonds. The van der Waals surface area contributed by atoms with Crippen molar-refractivity contribution in [2.45, 2.75) is 11.3 Å². The Balaban J connectivity index is 2.87. The summed E-state index contributed by atoms with van der Waals surface area (Å²) in [5, 5.41) is 0. The molecule has 1 aromatic rings. The molecule has 0 fully saturated rings. The molecule has 0 radical (unpaired) electrons. The number of halogens is 2. The van der Waals surface area contributed by atoms with Crippen LogP contribution in [-0.4, -0.2) is 11.7 Å². The second-order valence-corrected chi connectivity index (χ2v) is 3.41. The fourth-order valence-corrected chi connectivity index (χ4v) is 1.28.